The molecule has 0 spiro atoms. The normalized spacial score (nSPS) is 18.1. The van der Waals surface area contributed by atoms with Gasteiger partial charge in [0.05, 0.1) is 6.04 Å². The first kappa shape index (κ1) is 13.1. The van der Waals surface area contributed by atoms with Crippen LogP contribution in [0, 0.1) is 0 Å². The van der Waals surface area contributed by atoms with Crippen LogP contribution >= 0.6 is 0 Å². The van der Waals surface area contributed by atoms with E-state index in [0.29, 0.717) is 11.7 Å². The molecule has 1 aromatic carbocycles. The summed E-state index contributed by atoms with van der Waals surface area (Å²) in [6.07, 6.45) is 0. The Balaban J connectivity index is 1.77. The first-order valence-electron chi connectivity index (χ1n) is 6.82. The Morgan fingerprint density at radius 3 is 2.65 bits per heavy atom. The zero-order chi connectivity index (χ0) is 13.9. The van der Waals surface area contributed by atoms with E-state index in [9.17, 15) is 5.11 Å². The number of aromatic nitrogens is 2. The molecule has 6 heteroatoms. The van der Waals surface area contributed by atoms with Gasteiger partial charge in [-0.1, -0.05) is 5.16 Å². The van der Waals surface area contributed by atoms with E-state index >= 15 is 0 Å². The van der Waals surface area contributed by atoms with Crippen molar-refractivity contribution in [1.82, 2.24) is 20.4 Å². The Labute approximate surface area is 117 Å². The third-order valence-corrected chi connectivity index (χ3v) is 3.62. The zero-order valence-corrected chi connectivity index (χ0v) is 11.4. The van der Waals surface area contributed by atoms with Crippen molar-refractivity contribution >= 4 is 0 Å². The van der Waals surface area contributed by atoms with Gasteiger partial charge >= 0.3 is 0 Å². The van der Waals surface area contributed by atoms with Gasteiger partial charge in [0.2, 0.25) is 11.7 Å². The highest BCUT2D eigenvalue weighted by Crippen LogP contribution is 2.23. The predicted octanol–water partition coefficient (Wildman–Crippen LogP) is 1.41. The second-order valence-corrected chi connectivity index (χ2v) is 4.97. The van der Waals surface area contributed by atoms with E-state index in [1.54, 1.807) is 24.3 Å². The molecule has 1 aromatic heterocycles. The number of benzene rings is 1. The molecule has 2 N–H and O–H groups in total. The second-order valence-electron chi connectivity index (χ2n) is 4.97. The SMILES string of the molecule is CC(c1nc(-c2ccc(O)cc2)no1)N1CCNCC1. The first-order valence-corrected chi connectivity index (χ1v) is 6.82. The van der Waals surface area contributed by atoms with Crippen LogP contribution in [0.4, 0.5) is 0 Å². The summed E-state index contributed by atoms with van der Waals surface area (Å²) >= 11 is 0. The Kier molecular flexibility index (Phi) is 3.66. The summed E-state index contributed by atoms with van der Waals surface area (Å²) in [7, 11) is 0. The Morgan fingerprint density at radius 2 is 1.95 bits per heavy atom. The van der Waals surface area contributed by atoms with Gasteiger partial charge in [-0.05, 0) is 31.2 Å². The lowest BCUT2D eigenvalue weighted by molar-refractivity contribution is 0.154. The van der Waals surface area contributed by atoms with Crippen LogP contribution in [0.5, 0.6) is 5.75 Å². The summed E-state index contributed by atoms with van der Waals surface area (Å²) in [6, 6.07) is 6.91. The molecule has 2 heterocycles. The fraction of sp³-hybridized carbons (Fsp3) is 0.429. The van der Waals surface area contributed by atoms with E-state index in [-0.39, 0.29) is 11.8 Å². The van der Waals surface area contributed by atoms with Crippen molar-refractivity contribution in [1.29, 1.82) is 0 Å². The van der Waals surface area contributed by atoms with Crippen molar-refractivity contribution in [3.63, 3.8) is 0 Å². The minimum absolute atomic E-state index is 0.121. The van der Waals surface area contributed by atoms with E-state index in [0.717, 1.165) is 31.7 Å². The van der Waals surface area contributed by atoms with Gasteiger partial charge in [-0.25, -0.2) is 0 Å². The summed E-state index contributed by atoms with van der Waals surface area (Å²) in [6.45, 7) is 6.03. The molecule has 1 aliphatic rings. The van der Waals surface area contributed by atoms with Crippen LogP contribution in [-0.4, -0.2) is 46.3 Å². The molecule has 1 unspecified atom stereocenters. The lowest BCUT2D eigenvalue weighted by Crippen LogP contribution is -2.44. The van der Waals surface area contributed by atoms with E-state index in [2.05, 4.69) is 27.3 Å². The van der Waals surface area contributed by atoms with Crippen LogP contribution in [0.3, 0.4) is 0 Å². The van der Waals surface area contributed by atoms with E-state index in [1.165, 1.54) is 0 Å². The minimum Gasteiger partial charge on any atom is -0.508 e. The van der Waals surface area contributed by atoms with Crippen molar-refractivity contribution in [2.45, 2.75) is 13.0 Å². The topological polar surface area (TPSA) is 74.4 Å². The van der Waals surface area contributed by atoms with Crippen LogP contribution in [-0.2, 0) is 0 Å². The number of aromatic hydroxyl groups is 1. The largest absolute Gasteiger partial charge is 0.508 e. The maximum absolute atomic E-state index is 9.29. The molecule has 3 rings (SSSR count). The third kappa shape index (κ3) is 2.66. The first-order chi connectivity index (χ1) is 9.74. The van der Waals surface area contributed by atoms with Crippen molar-refractivity contribution < 1.29 is 9.63 Å². The Hall–Kier alpha value is -1.92. The molecular weight excluding hydrogens is 256 g/mol. The fourth-order valence-electron chi connectivity index (χ4n) is 2.36. The van der Waals surface area contributed by atoms with Gasteiger partial charge in [0, 0.05) is 31.7 Å². The lowest BCUT2D eigenvalue weighted by atomic mass is 10.2. The third-order valence-electron chi connectivity index (χ3n) is 3.62. The maximum atomic E-state index is 9.29. The average Bonchev–Trinajstić information content (AvgIpc) is 2.98. The van der Waals surface area contributed by atoms with Gasteiger partial charge in [0.25, 0.3) is 0 Å². The summed E-state index contributed by atoms with van der Waals surface area (Å²) in [5, 5.41) is 16.6. The van der Waals surface area contributed by atoms with Crippen molar-refractivity contribution in [3.05, 3.63) is 30.2 Å². The van der Waals surface area contributed by atoms with Crippen LogP contribution in [0.15, 0.2) is 28.8 Å². The highest BCUT2D eigenvalue weighted by Gasteiger charge is 2.23. The smallest absolute Gasteiger partial charge is 0.244 e. The number of hydrogen-bond donors (Lipinski definition) is 2. The Morgan fingerprint density at radius 1 is 1.25 bits per heavy atom. The van der Waals surface area contributed by atoms with Gasteiger partial charge < -0.3 is 14.9 Å². The molecule has 2 aromatic rings. The monoisotopic (exact) mass is 274 g/mol. The molecule has 106 valence electrons. The minimum atomic E-state index is 0.121. The van der Waals surface area contributed by atoms with Crippen molar-refractivity contribution in [2.24, 2.45) is 0 Å². The molecule has 0 saturated carbocycles. The van der Waals surface area contributed by atoms with Gasteiger partial charge in [0.15, 0.2) is 0 Å². The quantitative estimate of drug-likeness (QED) is 0.881. The lowest BCUT2D eigenvalue weighted by Gasteiger charge is -2.30. The molecule has 6 nitrogen and oxygen atoms in total. The maximum Gasteiger partial charge on any atom is 0.244 e. The molecule has 0 aliphatic carbocycles. The fourth-order valence-corrected chi connectivity index (χ4v) is 2.36. The summed E-state index contributed by atoms with van der Waals surface area (Å²) < 4.78 is 5.38. The number of phenolic OH excluding ortho intramolecular Hbond substituents is 1. The van der Waals surface area contributed by atoms with Crippen LogP contribution in [0.2, 0.25) is 0 Å². The molecule has 1 fully saturated rings. The molecule has 1 saturated heterocycles. The summed E-state index contributed by atoms with van der Waals surface area (Å²) in [4.78, 5) is 6.79. The van der Waals surface area contributed by atoms with Gasteiger partial charge in [-0.2, -0.15) is 4.98 Å². The molecule has 0 bridgehead atoms. The van der Waals surface area contributed by atoms with Crippen molar-refractivity contribution in [2.75, 3.05) is 26.2 Å². The number of piperazine rings is 1. The molecule has 20 heavy (non-hydrogen) atoms. The second kappa shape index (κ2) is 5.60. The standard InChI is InChI=1S/C14H18N4O2/c1-10(18-8-6-15-7-9-18)14-16-13(17-20-14)11-2-4-12(19)5-3-11/h2-5,10,15,19H,6-9H2,1H3. The van der Waals surface area contributed by atoms with Crippen molar-refractivity contribution in [3.8, 4) is 17.1 Å². The Bertz CT molecular complexity index is 561. The van der Waals surface area contributed by atoms with E-state index in [4.69, 9.17) is 4.52 Å². The molecule has 1 aliphatic heterocycles. The number of rotatable bonds is 3. The van der Waals surface area contributed by atoms with Gasteiger partial charge in [-0.3, -0.25) is 4.90 Å². The zero-order valence-electron chi connectivity index (χ0n) is 11.4. The summed E-state index contributed by atoms with van der Waals surface area (Å²) in [5.74, 6) is 1.42. The van der Waals surface area contributed by atoms with Gasteiger partial charge in [-0.15, -0.1) is 0 Å². The highest BCUT2D eigenvalue weighted by molar-refractivity contribution is 5.55. The predicted molar refractivity (Wildman–Crippen MR) is 74.3 cm³/mol. The van der Waals surface area contributed by atoms with E-state index in [1.807, 2.05) is 0 Å². The summed E-state index contributed by atoms with van der Waals surface area (Å²) in [5.41, 5.74) is 0.838. The molecule has 0 radical (unpaired) electrons. The molecule has 1 atom stereocenters. The number of phenols is 1. The number of nitrogens with zero attached hydrogens (tertiary/aromatic N) is 3. The van der Waals surface area contributed by atoms with E-state index < -0.39 is 0 Å². The number of hydrogen-bond acceptors (Lipinski definition) is 6. The average molecular weight is 274 g/mol. The van der Waals surface area contributed by atoms with Crippen LogP contribution < -0.4 is 5.32 Å². The van der Waals surface area contributed by atoms with Crippen LogP contribution in [0.1, 0.15) is 18.9 Å². The molecular formula is C14H18N4O2. The highest BCUT2D eigenvalue weighted by atomic mass is 16.5. The van der Waals surface area contributed by atoms with Crippen LogP contribution in [0.25, 0.3) is 11.4 Å². The molecule has 0 amide bonds. The number of nitrogens with one attached hydrogen (secondary N) is 1. The van der Waals surface area contributed by atoms with Gasteiger partial charge in [0.1, 0.15) is 5.75 Å².